The van der Waals surface area contributed by atoms with Crippen molar-refractivity contribution in [2.24, 2.45) is 17.1 Å². The Kier molecular flexibility index (Phi) is 5.57. The third-order valence-corrected chi connectivity index (χ3v) is 4.97. The summed E-state index contributed by atoms with van der Waals surface area (Å²) in [7, 11) is 0. The Morgan fingerprint density at radius 1 is 1.28 bits per heavy atom. The van der Waals surface area contributed by atoms with Gasteiger partial charge in [0, 0.05) is 13.1 Å². The Labute approximate surface area is 116 Å². The van der Waals surface area contributed by atoms with Crippen LogP contribution in [0.15, 0.2) is 0 Å². The fourth-order valence-corrected chi connectivity index (χ4v) is 3.14. The summed E-state index contributed by atoms with van der Waals surface area (Å²) < 4.78 is 0. The zero-order valence-electron chi connectivity index (χ0n) is 11.9. The van der Waals surface area contributed by atoms with E-state index < -0.39 is 0 Å². The predicted octanol–water partition coefficient (Wildman–Crippen LogP) is 2.73. The van der Waals surface area contributed by atoms with Crippen molar-refractivity contribution in [3.05, 3.63) is 0 Å². The molecule has 1 fully saturated rings. The third-order valence-electron chi connectivity index (χ3n) is 4.69. The number of amides is 1. The molecule has 1 aliphatic heterocycles. The van der Waals surface area contributed by atoms with E-state index >= 15 is 0 Å². The second-order valence-corrected chi connectivity index (χ2v) is 5.87. The van der Waals surface area contributed by atoms with Gasteiger partial charge in [-0.15, -0.1) is 0 Å². The van der Waals surface area contributed by atoms with E-state index in [1.54, 1.807) is 0 Å². The lowest BCUT2D eigenvalue weighted by molar-refractivity contribution is -0.135. The van der Waals surface area contributed by atoms with Crippen LogP contribution in [0.2, 0.25) is 0 Å². The highest BCUT2D eigenvalue weighted by Crippen LogP contribution is 2.38. The standard InChI is InChI=1S/C14H26N2OS/c1-4-11(12(15)18)13(17)16-9-7-14(5-2,6-3)8-10-16/h11H,4-10H2,1-3H3,(H2,15,18). The summed E-state index contributed by atoms with van der Waals surface area (Å²) in [6, 6.07) is 0. The van der Waals surface area contributed by atoms with E-state index in [1.807, 2.05) is 11.8 Å². The molecule has 0 aromatic rings. The van der Waals surface area contributed by atoms with Crippen LogP contribution in [0.3, 0.4) is 0 Å². The van der Waals surface area contributed by atoms with Crippen molar-refractivity contribution in [2.45, 2.75) is 52.9 Å². The fraction of sp³-hybridized carbons (Fsp3) is 0.857. The monoisotopic (exact) mass is 270 g/mol. The number of hydrogen-bond donors (Lipinski definition) is 1. The van der Waals surface area contributed by atoms with E-state index in [4.69, 9.17) is 18.0 Å². The number of hydrogen-bond acceptors (Lipinski definition) is 2. The van der Waals surface area contributed by atoms with Crippen LogP contribution >= 0.6 is 12.2 Å². The molecule has 18 heavy (non-hydrogen) atoms. The highest BCUT2D eigenvalue weighted by atomic mass is 32.1. The molecule has 1 rings (SSSR count). The average Bonchev–Trinajstić information content (AvgIpc) is 2.39. The molecule has 104 valence electrons. The molecule has 1 aliphatic rings. The first-order valence-corrected chi connectivity index (χ1v) is 7.48. The first kappa shape index (κ1) is 15.4. The Balaban J connectivity index is 2.62. The molecule has 1 saturated heterocycles. The molecule has 0 saturated carbocycles. The summed E-state index contributed by atoms with van der Waals surface area (Å²) in [4.78, 5) is 14.6. The van der Waals surface area contributed by atoms with E-state index in [-0.39, 0.29) is 11.8 Å². The van der Waals surface area contributed by atoms with E-state index in [1.165, 1.54) is 12.8 Å². The van der Waals surface area contributed by atoms with Gasteiger partial charge in [0.2, 0.25) is 5.91 Å². The molecule has 4 heteroatoms. The summed E-state index contributed by atoms with van der Waals surface area (Å²) in [5, 5.41) is 0. The Morgan fingerprint density at radius 3 is 2.11 bits per heavy atom. The highest BCUT2D eigenvalue weighted by Gasteiger charge is 2.34. The lowest BCUT2D eigenvalue weighted by Crippen LogP contribution is -2.47. The quantitative estimate of drug-likeness (QED) is 0.781. The molecular formula is C14H26N2OS. The van der Waals surface area contributed by atoms with E-state index in [2.05, 4.69) is 13.8 Å². The zero-order chi connectivity index (χ0) is 13.8. The van der Waals surface area contributed by atoms with Gasteiger partial charge in [0.05, 0.1) is 10.9 Å². The highest BCUT2D eigenvalue weighted by molar-refractivity contribution is 7.80. The summed E-state index contributed by atoms with van der Waals surface area (Å²) in [6.45, 7) is 8.20. The van der Waals surface area contributed by atoms with E-state index in [9.17, 15) is 4.79 Å². The number of thiocarbonyl (C=S) groups is 1. The molecule has 0 radical (unpaired) electrons. The van der Waals surface area contributed by atoms with Gasteiger partial charge < -0.3 is 10.6 Å². The molecule has 0 aliphatic carbocycles. The van der Waals surface area contributed by atoms with Crippen LogP contribution in [-0.4, -0.2) is 28.9 Å². The van der Waals surface area contributed by atoms with Crippen LogP contribution in [0.25, 0.3) is 0 Å². The molecule has 0 bridgehead atoms. The molecular weight excluding hydrogens is 244 g/mol. The minimum Gasteiger partial charge on any atom is -0.393 e. The molecule has 2 N–H and O–H groups in total. The van der Waals surface area contributed by atoms with Crippen LogP contribution in [0.5, 0.6) is 0 Å². The fourth-order valence-electron chi connectivity index (χ4n) is 2.88. The maximum Gasteiger partial charge on any atom is 0.232 e. The van der Waals surface area contributed by atoms with Crippen molar-refractivity contribution >= 4 is 23.1 Å². The van der Waals surface area contributed by atoms with Gasteiger partial charge in [0.1, 0.15) is 0 Å². The van der Waals surface area contributed by atoms with Gasteiger partial charge in [-0.2, -0.15) is 0 Å². The van der Waals surface area contributed by atoms with Gasteiger partial charge in [-0.05, 0) is 24.7 Å². The average molecular weight is 270 g/mol. The third kappa shape index (κ3) is 3.22. The second kappa shape index (κ2) is 6.50. The van der Waals surface area contributed by atoms with Gasteiger partial charge in [-0.3, -0.25) is 4.79 Å². The number of rotatable bonds is 5. The molecule has 1 atom stereocenters. The van der Waals surface area contributed by atoms with Crippen molar-refractivity contribution in [3.8, 4) is 0 Å². The predicted molar refractivity (Wildman–Crippen MR) is 79.4 cm³/mol. The zero-order valence-corrected chi connectivity index (χ0v) is 12.7. The van der Waals surface area contributed by atoms with Crippen molar-refractivity contribution in [3.63, 3.8) is 0 Å². The van der Waals surface area contributed by atoms with Crippen molar-refractivity contribution in [1.82, 2.24) is 4.90 Å². The van der Waals surface area contributed by atoms with Gasteiger partial charge in [-0.25, -0.2) is 0 Å². The SMILES string of the molecule is CCC(C(=O)N1CCC(CC)(CC)CC1)C(N)=S. The Morgan fingerprint density at radius 2 is 1.78 bits per heavy atom. The van der Waals surface area contributed by atoms with Gasteiger partial charge >= 0.3 is 0 Å². The summed E-state index contributed by atoms with van der Waals surface area (Å²) in [6.07, 6.45) is 5.34. The summed E-state index contributed by atoms with van der Waals surface area (Å²) in [5.41, 5.74) is 6.09. The van der Waals surface area contributed by atoms with Crippen LogP contribution < -0.4 is 5.73 Å². The smallest absolute Gasteiger partial charge is 0.232 e. The second-order valence-electron chi connectivity index (χ2n) is 5.40. The molecule has 3 nitrogen and oxygen atoms in total. The Hall–Kier alpha value is -0.640. The number of nitrogens with zero attached hydrogens (tertiary/aromatic N) is 1. The minimum atomic E-state index is -0.268. The van der Waals surface area contributed by atoms with Gasteiger partial charge in [-0.1, -0.05) is 45.8 Å². The molecule has 1 amide bonds. The van der Waals surface area contributed by atoms with Gasteiger partial charge in [0.15, 0.2) is 0 Å². The van der Waals surface area contributed by atoms with Crippen molar-refractivity contribution in [2.75, 3.05) is 13.1 Å². The largest absolute Gasteiger partial charge is 0.393 e. The van der Waals surface area contributed by atoms with E-state index in [0.717, 1.165) is 25.9 Å². The summed E-state index contributed by atoms with van der Waals surface area (Å²) >= 11 is 4.98. The number of likely N-dealkylation sites (tertiary alicyclic amines) is 1. The first-order chi connectivity index (χ1) is 8.49. The molecule has 0 aromatic heterocycles. The van der Waals surface area contributed by atoms with Crippen LogP contribution in [0.4, 0.5) is 0 Å². The van der Waals surface area contributed by atoms with Gasteiger partial charge in [0.25, 0.3) is 0 Å². The number of carbonyl (C=O) groups is 1. The maximum atomic E-state index is 12.3. The van der Waals surface area contributed by atoms with E-state index in [0.29, 0.717) is 16.8 Å². The van der Waals surface area contributed by atoms with Crippen molar-refractivity contribution in [1.29, 1.82) is 0 Å². The first-order valence-electron chi connectivity index (χ1n) is 7.07. The van der Waals surface area contributed by atoms with Crippen molar-refractivity contribution < 1.29 is 4.79 Å². The lowest BCUT2D eigenvalue weighted by Gasteiger charge is -2.41. The maximum absolute atomic E-state index is 12.3. The molecule has 1 unspecified atom stereocenters. The normalized spacial score (nSPS) is 20.5. The lowest BCUT2D eigenvalue weighted by atomic mass is 9.74. The summed E-state index contributed by atoms with van der Waals surface area (Å²) in [5.74, 6) is -0.137. The van der Waals surface area contributed by atoms with Crippen LogP contribution in [0.1, 0.15) is 52.9 Å². The molecule has 1 heterocycles. The van der Waals surface area contributed by atoms with Crippen LogP contribution in [0, 0.1) is 11.3 Å². The number of nitrogens with two attached hydrogens (primary N) is 1. The topological polar surface area (TPSA) is 46.3 Å². The van der Waals surface area contributed by atoms with Crippen LogP contribution in [-0.2, 0) is 4.79 Å². The number of carbonyl (C=O) groups excluding carboxylic acids is 1. The Bertz CT molecular complexity index is 303. The molecule has 0 spiro atoms. The number of piperidine rings is 1. The molecule has 0 aromatic carbocycles. The minimum absolute atomic E-state index is 0.130.